The SMILES string of the molecule is CC(C(N)=O)=C(N)CC(C)(C)C. The summed E-state index contributed by atoms with van der Waals surface area (Å²) in [5, 5.41) is 0. The summed E-state index contributed by atoms with van der Waals surface area (Å²) >= 11 is 0. The van der Waals surface area contributed by atoms with Crippen LogP contribution < -0.4 is 11.5 Å². The van der Waals surface area contributed by atoms with E-state index in [1.165, 1.54) is 0 Å². The van der Waals surface area contributed by atoms with E-state index in [0.29, 0.717) is 17.7 Å². The fourth-order valence-electron chi connectivity index (χ4n) is 0.862. The van der Waals surface area contributed by atoms with Gasteiger partial charge in [-0.05, 0) is 18.8 Å². The minimum Gasteiger partial charge on any atom is -0.402 e. The predicted molar refractivity (Wildman–Crippen MR) is 50.2 cm³/mol. The van der Waals surface area contributed by atoms with Gasteiger partial charge in [-0.2, -0.15) is 0 Å². The highest BCUT2D eigenvalue weighted by Gasteiger charge is 2.14. The summed E-state index contributed by atoms with van der Waals surface area (Å²) < 4.78 is 0. The Morgan fingerprint density at radius 1 is 1.25 bits per heavy atom. The largest absolute Gasteiger partial charge is 0.402 e. The molecule has 0 radical (unpaired) electrons. The Hall–Kier alpha value is -0.990. The van der Waals surface area contributed by atoms with Crippen molar-refractivity contribution in [3.63, 3.8) is 0 Å². The number of hydrogen-bond acceptors (Lipinski definition) is 2. The summed E-state index contributed by atoms with van der Waals surface area (Å²) in [6.07, 6.45) is 0.696. The van der Waals surface area contributed by atoms with E-state index in [1.54, 1.807) is 6.92 Å². The maximum atomic E-state index is 10.7. The second-order valence-corrected chi connectivity index (χ2v) is 4.25. The third-order valence-electron chi connectivity index (χ3n) is 1.57. The van der Waals surface area contributed by atoms with Crippen LogP contribution in [0.15, 0.2) is 11.3 Å². The number of carbonyl (C=O) groups is 1. The average molecular weight is 170 g/mol. The van der Waals surface area contributed by atoms with Crippen LogP contribution in [0, 0.1) is 5.41 Å². The molecule has 0 aromatic heterocycles. The van der Waals surface area contributed by atoms with Crippen molar-refractivity contribution < 1.29 is 4.79 Å². The summed E-state index contributed by atoms with van der Waals surface area (Å²) in [5.41, 5.74) is 11.9. The molecule has 4 N–H and O–H groups in total. The minimum absolute atomic E-state index is 0.0980. The number of rotatable bonds is 2. The summed E-state index contributed by atoms with van der Waals surface area (Å²) in [4.78, 5) is 10.7. The molecule has 1 amide bonds. The predicted octanol–water partition coefficient (Wildman–Crippen LogP) is 1.14. The van der Waals surface area contributed by atoms with Gasteiger partial charge in [-0.25, -0.2) is 0 Å². The van der Waals surface area contributed by atoms with Gasteiger partial charge < -0.3 is 11.5 Å². The number of allylic oxidation sites excluding steroid dienone is 1. The van der Waals surface area contributed by atoms with E-state index in [2.05, 4.69) is 20.8 Å². The smallest absolute Gasteiger partial charge is 0.246 e. The zero-order chi connectivity index (χ0) is 9.94. The molecule has 3 nitrogen and oxygen atoms in total. The maximum absolute atomic E-state index is 10.7. The average Bonchev–Trinajstić information content (AvgIpc) is 1.82. The molecule has 0 aliphatic carbocycles. The molecule has 0 saturated heterocycles. The van der Waals surface area contributed by atoms with Crippen molar-refractivity contribution in [3.8, 4) is 0 Å². The van der Waals surface area contributed by atoms with Crippen molar-refractivity contribution >= 4 is 5.91 Å². The second-order valence-electron chi connectivity index (χ2n) is 4.25. The lowest BCUT2D eigenvalue weighted by molar-refractivity contribution is -0.114. The van der Waals surface area contributed by atoms with Crippen molar-refractivity contribution in [1.29, 1.82) is 0 Å². The first kappa shape index (κ1) is 11.0. The first-order valence-corrected chi connectivity index (χ1v) is 3.99. The van der Waals surface area contributed by atoms with E-state index in [-0.39, 0.29) is 5.41 Å². The molecule has 0 spiro atoms. The van der Waals surface area contributed by atoms with Gasteiger partial charge in [0.15, 0.2) is 0 Å². The summed E-state index contributed by atoms with van der Waals surface area (Å²) in [6, 6.07) is 0. The van der Waals surface area contributed by atoms with E-state index < -0.39 is 5.91 Å². The van der Waals surface area contributed by atoms with Crippen LogP contribution in [0.4, 0.5) is 0 Å². The third-order valence-corrected chi connectivity index (χ3v) is 1.57. The quantitative estimate of drug-likeness (QED) is 0.610. The molecule has 3 heteroatoms. The van der Waals surface area contributed by atoms with E-state index in [9.17, 15) is 4.79 Å². The lowest BCUT2D eigenvalue weighted by atomic mass is 9.89. The van der Waals surface area contributed by atoms with Crippen molar-refractivity contribution in [2.45, 2.75) is 34.1 Å². The molecule has 70 valence electrons. The van der Waals surface area contributed by atoms with Gasteiger partial charge in [-0.1, -0.05) is 20.8 Å². The molecule has 0 heterocycles. The Balaban J connectivity index is 4.49. The second kappa shape index (κ2) is 3.61. The van der Waals surface area contributed by atoms with Crippen LogP contribution in [0.5, 0.6) is 0 Å². The third kappa shape index (κ3) is 4.01. The Kier molecular flexibility index (Phi) is 3.31. The number of primary amides is 1. The highest BCUT2D eigenvalue weighted by molar-refractivity contribution is 5.91. The lowest BCUT2D eigenvalue weighted by Crippen LogP contribution is -2.20. The van der Waals surface area contributed by atoms with Gasteiger partial charge in [0.2, 0.25) is 5.91 Å². The Morgan fingerprint density at radius 2 is 1.67 bits per heavy atom. The van der Waals surface area contributed by atoms with Crippen LogP contribution in [0.2, 0.25) is 0 Å². The molecule has 12 heavy (non-hydrogen) atoms. The fraction of sp³-hybridized carbons (Fsp3) is 0.667. The van der Waals surface area contributed by atoms with E-state index in [1.807, 2.05) is 0 Å². The van der Waals surface area contributed by atoms with E-state index >= 15 is 0 Å². The molecule has 0 unspecified atom stereocenters. The first-order valence-electron chi connectivity index (χ1n) is 3.99. The molecule has 0 aromatic rings. The van der Waals surface area contributed by atoms with Gasteiger partial charge in [-0.15, -0.1) is 0 Å². The highest BCUT2D eigenvalue weighted by atomic mass is 16.1. The number of carbonyl (C=O) groups excluding carboxylic acids is 1. The molecule has 0 aromatic carbocycles. The van der Waals surface area contributed by atoms with E-state index in [0.717, 1.165) is 0 Å². The Morgan fingerprint density at radius 3 is 1.92 bits per heavy atom. The Bertz CT molecular complexity index is 211. The molecule has 0 aliphatic heterocycles. The molecule has 0 bridgehead atoms. The fourth-order valence-corrected chi connectivity index (χ4v) is 0.862. The van der Waals surface area contributed by atoms with Crippen molar-refractivity contribution in [2.75, 3.05) is 0 Å². The standard InChI is InChI=1S/C9H18N2O/c1-6(8(11)12)7(10)5-9(2,3)4/h5,10H2,1-4H3,(H2,11,12). The zero-order valence-electron chi connectivity index (χ0n) is 8.27. The molecule has 0 aliphatic rings. The van der Waals surface area contributed by atoms with Gasteiger partial charge in [0.25, 0.3) is 0 Å². The van der Waals surface area contributed by atoms with Gasteiger partial charge in [-0.3, -0.25) is 4.79 Å². The van der Waals surface area contributed by atoms with E-state index in [4.69, 9.17) is 11.5 Å². The van der Waals surface area contributed by atoms with Crippen LogP contribution in [0.3, 0.4) is 0 Å². The topological polar surface area (TPSA) is 69.1 Å². The Labute approximate surface area is 73.8 Å². The normalized spacial score (nSPS) is 14.0. The van der Waals surface area contributed by atoms with Crippen LogP contribution in [-0.4, -0.2) is 5.91 Å². The summed E-state index contributed by atoms with van der Waals surface area (Å²) in [5.74, 6) is -0.434. The zero-order valence-corrected chi connectivity index (χ0v) is 8.27. The van der Waals surface area contributed by atoms with Crippen LogP contribution in [0.25, 0.3) is 0 Å². The molecular formula is C9H18N2O. The number of nitrogens with two attached hydrogens (primary N) is 2. The van der Waals surface area contributed by atoms with Crippen molar-refractivity contribution in [3.05, 3.63) is 11.3 Å². The van der Waals surface area contributed by atoms with Gasteiger partial charge in [0, 0.05) is 11.3 Å². The van der Waals surface area contributed by atoms with Crippen LogP contribution in [-0.2, 0) is 4.79 Å². The van der Waals surface area contributed by atoms with Crippen molar-refractivity contribution in [2.24, 2.45) is 16.9 Å². The van der Waals surface area contributed by atoms with Crippen LogP contribution >= 0.6 is 0 Å². The molecule has 0 fully saturated rings. The lowest BCUT2D eigenvalue weighted by Gasteiger charge is -2.18. The number of amides is 1. The van der Waals surface area contributed by atoms with Gasteiger partial charge >= 0.3 is 0 Å². The first-order chi connectivity index (χ1) is 5.24. The summed E-state index contributed by atoms with van der Waals surface area (Å²) in [7, 11) is 0. The molecule has 0 rings (SSSR count). The summed E-state index contributed by atoms with van der Waals surface area (Å²) in [6.45, 7) is 7.85. The maximum Gasteiger partial charge on any atom is 0.246 e. The minimum atomic E-state index is -0.434. The molecule has 0 saturated carbocycles. The highest BCUT2D eigenvalue weighted by Crippen LogP contribution is 2.22. The number of hydrogen-bond donors (Lipinski definition) is 2. The molecular weight excluding hydrogens is 152 g/mol. The monoisotopic (exact) mass is 170 g/mol. The van der Waals surface area contributed by atoms with Gasteiger partial charge in [0.05, 0.1) is 0 Å². The van der Waals surface area contributed by atoms with Crippen molar-refractivity contribution in [1.82, 2.24) is 0 Å². The van der Waals surface area contributed by atoms with Gasteiger partial charge in [0.1, 0.15) is 0 Å². The molecule has 0 atom stereocenters. The van der Waals surface area contributed by atoms with Crippen LogP contribution in [0.1, 0.15) is 34.1 Å².